The van der Waals surface area contributed by atoms with Crippen LogP contribution in [-0.2, 0) is 4.79 Å². The van der Waals surface area contributed by atoms with Crippen molar-refractivity contribution in [3.63, 3.8) is 0 Å². The monoisotopic (exact) mass is 168 g/mol. The number of carbonyl (C=O) groups excluding carboxylic acids is 1. The van der Waals surface area contributed by atoms with Gasteiger partial charge in [0.2, 0.25) is 0 Å². The van der Waals surface area contributed by atoms with Crippen molar-refractivity contribution in [1.82, 2.24) is 0 Å². The smallest absolute Gasteiger partial charge is 0.143 e. The predicted molar refractivity (Wildman–Crippen MR) is 47.7 cm³/mol. The number of hydrogen-bond donors (Lipinski definition) is 1. The van der Waals surface area contributed by atoms with E-state index in [1.165, 1.54) is 0 Å². The van der Waals surface area contributed by atoms with Crippen LogP contribution in [0.5, 0.6) is 0 Å². The first-order valence-electron chi connectivity index (χ1n) is 4.40. The predicted octanol–water partition coefficient (Wildman–Crippen LogP) is 1.54. The summed E-state index contributed by atoms with van der Waals surface area (Å²) < 4.78 is 0. The third-order valence-electron chi connectivity index (χ3n) is 2.37. The molecule has 1 aliphatic rings. The SMILES string of the molecule is CC1=CC(O)C(C(C)C)C(=O)C1. The zero-order valence-electron chi connectivity index (χ0n) is 7.87. The topological polar surface area (TPSA) is 37.3 Å². The summed E-state index contributed by atoms with van der Waals surface area (Å²) in [6.07, 6.45) is 1.75. The molecule has 0 aromatic carbocycles. The summed E-state index contributed by atoms with van der Waals surface area (Å²) in [7, 11) is 0. The van der Waals surface area contributed by atoms with Gasteiger partial charge in [0.05, 0.1) is 6.10 Å². The highest BCUT2D eigenvalue weighted by molar-refractivity contribution is 5.85. The third kappa shape index (κ3) is 1.75. The third-order valence-corrected chi connectivity index (χ3v) is 2.37. The molecule has 1 aliphatic carbocycles. The van der Waals surface area contributed by atoms with Gasteiger partial charge in [0, 0.05) is 12.3 Å². The highest BCUT2D eigenvalue weighted by atomic mass is 16.3. The average molecular weight is 168 g/mol. The standard InChI is InChI=1S/C10H16O2/c1-6(2)10-8(11)4-7(3)5-9(10)12/h4,6,8,10-11H,5H2,1-3H3. The first kappa shape index (κ1) is 9.46. The van der Waals surface area contributed by atoms with Crippen molar-refractivity contribution in [3.05, 3.63) is 11.6 Å². The van der Waals surface area contributed by atoms with Crippen molar-refractivity contribution in [2.75, 3.05) is 0 Å². The Morgan fingerprint density at radius 1 is 1.58 bits per heavy atom. The zero-order valence-corrected chi connectivity index (χ0v) is 7.87. The second kappa shape index (κ2) is 3.40. The number of Topliss-reactive ketones (excluding diaryl/α,β-unsaturated/α-hetero) is 1. The number of rotatable bonds is 1. The number of aliphatic hydroxyl groups is 1. The molecule has 2 atom stereocenters. The molecule has 68 valence electrons. The van der Waals surface area contributed by atoms with Crippen molar-refractivity contribution in [1.29, 1.82) is 0 Å². The molecule has 12 heavy (non-hydrogen) atoms. The Labute approximate surface area is 73.3 Å². The van der Waals surface area contributed by atoms with Crippen LogP contribution >= 0.6 is 0 Å². The van der Waals surface area contributed by atoms with Gasteiger partial charge < -0.3 is 5.11 Å². The van der Waals surface area contributed by atoms with Crippen molar-refractivity contribution in [3.8, 4) is 0 Å². The van der Waals surface area contributed by atoms with E-state index in [4.69, 9.17) is 0 Å². The highest BCUT2D eigenvalue weighted by Crippen LogP contribution is 2.26. The second-order valence-corrected chi connectivity index (χ2v) is 3.92. The van der Waals surface area contributed by atoms with Gasteiger partial charge in [-0.2, -0.15) is 0 Å². The molecule has 1 N–H and O–H groups in total. The van der Waals surface area contributed by atoms with Gasteiger partial charge in [-0.25, -0.2) is 0 Å². The highest BCUT2D eigenvalue weighted by Gasteiger charge is 2.31. The van der Waals surface area contributed by atoms with Gasteiger partial charge >= 0.3 is 0 Å². The van der Waals surface area contributed by atoms with Gasteiger partial charge in [0.25, 0.3) is 0 Å². The van der Waals surface area contributed by atoms with E-state index in [-0.39, 0.29) is 17.6 Å². The van der Waals surface area contributed by atoms with E-state index in [9.17, 15) is 9.90 Å². The summed E-state index contributed by atoms with van der Waals surface area (Å²) >= 11 is 0. The summed E-state index contributed by atoms with van der Waals surface area (Å²) in [4.78, 5) is 11.5. The normalized spacial score (nSPS) is 30.8. The molecule has 2 unspecified atom stereocenters. The van der Waals surface area contributed by atoms with Gasteiger partial charge in [-0.15, -0.1) is 0 Å². The lowest BCUT2D eigenvalue weighted by atomic mass is 9.80. The van der Waals surface area contributed by atoms with E-state index in [1.807, 2.05) is 20.8 Å². The molecule has 0 amide bonds. The lowest BCUT2D eigenvalue weighted by Crippen LogP contribution is -2.34. The fraction of sp³-hybridized carbons (Fsp3) is 0.700. The van der Waals surface area contributed by atoms with Gasteiger partial charge in [-0.1, -0.05) is 25.5 Å². The van der Waals surface area contributed by atoms with Crippen LogP contribution in [0.4, 0.5) is 0 Å². The molecule has 0 aromatic rings. The number of carbonyl (C=O) groups is 1. The molecular weight excluding hydrogens is 152 g/mol. The van der Waals surface area contributed by atoms with Crippen LogP contribution in [-0.4, -0.2) is 17.0 Å². The van der Waals surface area contributed by atoms with Crippen molar-refractivity contribution >= 4 is 5.78 Å². The largest absolute Gasteiger partial charge is 0.388 e. The molecule has 1 rings (SSSR count). The Bertz CT molecular complexity index is 216. The molecule has 0 radical (unpaired) electrons. The van der Waals surface area contributed by atoms with E-state index < -0.39 is 6.10 Å². The number of allylic oxidation sites excluding steroid dienone is 1. The molecule has 0 saturated carbocycles. The van der Waals surface area contributed by atoms with Gasteiger partial charge in [0.15, 0.2) is 0 Å². The summed E-state index contributed by atoms with van der Waals surface area (Å²) in [5, 5.41) is 9.58. The fourth-order valence-corrected chi connectivity index (χ4v) is 1.80. The number of hydrogen-bond acceptors (Lipinski definition) is 2. The first-order chi connectivity index (χ1) is 5.52. The molecule has 2 heteroatoms. The summed E-state index contributed by atoms with van der Waals surface area (Å²) in [6, 6.07) is 0. The minimum Gasteiger partial charge on any atom is -0.388 e. The molecule has 0 bridgehead atoms. The Balaban J connectivity index is 2.83. The maximum absolute atomic E-state index is 11.5. The lowest BCUT2D eigenvalue weighted by Gasteiger charge is -2.27. The Hall–Kier alpha value is -0.630. The molecule has 0 saturated heterocycles. The molecule has 0 spiro atoms. The Morgan fingerprint density at radius 3 is 2.58 bits per heavy atom. The zero-order chi connectivity index (χ0) is 9.30. The van der Waals surface area contributed by atoms with Gasteiger partial charge in [-0.05, 0) is 12.8 Å². The van der Waals surface area contributed by atoms with E-state index in [1.54, 1.807) is 6.08 Å². The van der Waals surface area contributed by atoms with E-state index >= 15 is 0 Å². The molecule has 0 aromatic heterocycles. The summed E-state index contributed by atoms with van der Waals surface area (Å²) in [6.45, 7) is 5.83. The second-order valence-electron chi connectivity index (χ2n) is 3.92. The summed E-state index contributed by atoms with van der Waals surface area (Å²) in [5.74, 6) is 0.225. The van der Waals surface area contributed by atoms with Crippen LogP contribution in [0.1, 0.15) is 27.2 Å². The minimum absolute atomic E-state index is 0.178. The van der Waals surface area contributed by atoms with E-state index in [0.29, 0.717) is 6.42 Å². The van der Waals surface area contributed by atoms with Gasteiger partial charge in [-0.3, -0.25) is 4.79 Å². The summed E-state index contributed by atoms with van der Waals surface area (Å²) in [5.41, 5.74) is 0.990. The fourth-order valence-electron chi connectivity index (χ4n) is 1.80. The van der Waals surface area contributed by atoms with Crippen LogP contribution in [0.25, 0.3) is 0 Å². The first-order valence-corrected chi connectivity index (χ1v) is 4.40. The van der Waals surface area contributed by atoms with Gasteiger partial charge in [0.1, 0.15) is 5.78 Å². The molecule has 0 fully saturated rings. The maximum Gasteiger partial charge on any atom is 0.143 e. The quantitative estimate of drug-likeness (QED) is 0.603. The molecule has 2 nitrogen and oxygen atoms in total. The van der Waals surface area contributed by atoms with Crippen LogP contribution in [0.15, 0.2) is 11.6 Å². The minimum atomic E-state index is -0.564. The lowest BCUT2D eigenvalue weighted by molar-refractivity contribution is -0.127. The average Bonchev–Trinajstić information content (AvgIpc) is 1.82. The van der Waals surface area contributed by atoms with Crippen molar-refractivity contribution < 1.29 is 9.90 Å². The van der Waals surface area contributed by atoms with E-state index in [0.717, 1.165) is 5.57 Å². The molecular formula is C10H16O2. The number of ketones is 1. The van der Waals surface area contributed by atoms with Crippen LogP contribution in [0, 0.1) is 11.8 Å². The maximum atomic E-state index is 11.5. The molecule has 0 aliphatic heterocycles. The Kier molecular flexibility index (Phi) is 2.68. The van der Waals surface area contributed by atoms with Crippen molar-refractivity contribution in [2.24, 2.45) is 11.8 Å². The Morgan fingerprint density at radius 2 is 2.17 bits per heavy atom. The molecule has 0 heterocycles. The number of aliphatic hydroxyl groups excluding tert-OH is 1. The van der Waals surface area contributed by atoms with Crippen molar-refractivity contribution in [2.45, 2.75) is 33.3 Å². The van der Waals surface area contributed by atoms with Crippen LogP contribution in [0.3, 0.4) is 0 Å². The van der Waals surface area contributed by atoms with Crippen LogP contribution in [0.2, 0.25) is 0 Å². The van der Waals surface area contributed by atoms with Crippen LogP contribution < -0.4 is 0 Å². The van der Waals surface area contributed by atoms with E-state index in [2.05, 4.69) is 0 Å².